The molecule has 1 rings (SSSR count). The molecule has 0 saturated carbocycles. The Morgan fingerprint density at radius 1 is 1.05 bits per heavy atom. The Bertz CT molecular complexity index is 540. The normalized spacial score (nSPS) is 11.5. The second-order valence-electron chi connectivity index (χ2n) is 3.59. The average Bonchev–Trinajstić information content (AvgIpc) is 2.44. The molecule has 0 aromatic heterocycles. The summed E-state index contributed by atoms with van der Waals surface area (Å²) in [6.45, 7) is -0.568. The molecule has 22 heavy (non-hydrogen) atoms. The highest BCUT2D eigenvalue weighted by Crippen LogP contribution is 2.32. The number of nitro groups is 1. The van der Waals surface area contributed by atoms with E-state index in [1.807, 2.05) is 0 Å². The van der Waals surface area contributed by atoms with Crippen LogP contribution in [0.5, 0.6) is 0 Å². The highest BCUT2D eigenvalue weighted by Gasteiger charge is 2.16. The minimum Gasteiger partial charge on any atom is -0.312 e. The molecule has 0 aliphatic rings. The fourth-order valence-electron chi connectivity index (χ4n) is 1.18. The van der Waals surface area contributed by atoms with Crippen molar-refractivity contribution in [3.8, 4) is 0 Å². The third-order valence-electron chi connectivity index (χ3n) is 2.06. The maximum absolute atomic E-state index is 10.5. The maximum Gasteiger partial charge on any atom is 0.294 e. The standard InChI is InChI=1S/C9H9N3O8S2/c13-10(14)7-1-3-9(4-2-7)22-21-6-8(20-12(17)18)5-19-11(15)16/h1-4,8H,5-6H2. The van der Waals surface area contributed by atoms with Crippen LogP contribution >= 0.6 is 21.6 Å². The van der Waals surface area contributed by atoms with Gasteiger partial charge >= 0.3 is 0 Å². The van der Waals surface area contributed by atoms with Gasteiger partial charge in [0.05, 0.1) is 4.92 Å². The molecule has 11 nitrogen and oxygen atoms in total. The number of hydrogen-bond donors (Lipinski definition) is 0. The first kappa shape index (κ1) is 17.8. The van der Waals surface area contributed by atoms with E-state index in [1.54, 1.807) is 0 Å². The Balaban J connectivity index is 2.45. The van der Waals surface area contributed by atoms with Gasteiger partial charge < -0.3 is 9.68 Å². The smallest absolute Gasteiger partial charge is 0.294 e. The average molecular weight is 351 g/mol. The molecule has 0 amide bonds. The van der Waals surface area contributed by atoms with E-state index in [0.29, 0.717) is 4.90 Å². The topological polar surface area (TPSA) is 148 Å². The number of hydrogen-bond acceptors (Lipinski definition) is 10. The van der Waals surface area contributed by atoms with Gasteiger partial charge in [-0.1, -0.05) is 21.6 Å². The van der Waals surface area contributed by atoms with E-state index in [1.165, 1.54) is 35.1 Å². The first-order valence-electron chi connectivity index (χ1n) is 5.51. The van der Waals surface area contributed by atoms with Crippen LogP contribution in [0.15, 0.2) is 29.2 Å². The quantitative estimate of drug-likeness (QED) is 0.348. The summed E-state index contributed by atoms with van der Waals surface area (Å²) < 4.78 is 0. The van der Waals surface area contributed by atoms with Crippen molar-refractivity contribution < 1.29 is 24.8 Å². The molecule has 0 fully saturated rings. The van der Waals surface area contributed by atoms with Crippen LogP contribution in [0.25, 0.3) is 0 Å². The molecule has 1 aromatic carbocycles. The van der Waals surface area contributed by atoms with E-state index in [0.717, 1.165) is 10.8 Å². The molecule has 0 aliphatic carbocycles. The highest BCUT2D eigenvalue weighted by molar-refractivity contribution is 8.76. The predicted molar refractivity (Wildman–Crippen MR) is 76.2 cm³/mol. The lowest BCUT2D eigenvalue weighted by atomic mass is 10.3. The van der Waals surface area contributed by atoms with E-state index in [2.05, 4.69) is 9.68 Å². The zero-order chi connectivity index (χ0) is 16.5. The lowest BCUT2D eigenvalue weighted by molar-refractivity contribution is -0.788. The van der Waals surface area contributed by atoms with Crippen molar-refractivity contribution in [3.63, 3.8) is 0 Å². The van der Waals surface area contributed by atoms with Gasteiger partial charge in [0, 0.05) is 22.8 Å². The first-order valence-corrected chi connectivity index (χ1v) is 7.82. The summed E-state index contributed by atoms with van der Waals surface area (Å²) >= 11 is 0. The van der Waals surface area contributed by atoms with Crippen molar-refractivity contribution in [2.45, 2.75) is 11.0 Å². The fourth-order valence-corrected chi connectivity index (χ4v) is 3.34. The van der Waals surface area contributed by atoms with Gasteiger partial charge in [0.2, 0.25) is 0 Å². The Labute approximate surface area is 130 Å². The summed E-state index contributed by atoms with van der Waals surface area (Å²) in [4.78, 5) is 39.3. The van der Waals surface area contributed by atoms with E-state index in [9.17, 15) is 30.3 Å². The van der Waals surface area contributed by atoms with Gasteiger partial charge in [-0.15, -0.1) is 20.2 Å². The molecule has 0 saturated heterocycles. The van der Waals surface area contributed by atoms with E-state index in [-0.39, 0.29) is 11.4 Å². The van der Waals surface area contributed by atoms with E-state index in [4.69, 9.17) is 0 Å². The second kappa shape index (κ2) is 8.89. The van der Waals surface area contributed by atoms with Crippen LogP contribution in [-0.2, 0) is 9.68 Å². The van der Waals surface area contributed by atoms with Gasteiger partial charge in [0.25, 0.3) is 15.9 Å². The number of rotatable bonds is 10. The van der Waals surface area contributed by atoms with Crippen molar-refractivity contribution in [1.29, 1.82) is 0 Å². The SMILES string of the molecule is O=[N+]([O-])OCC(CSSc1ccc([N+](=O)[O-])cc1)O[N+](=O)[O-]. The van der Waals surface area contributed by atoms with Crippen LogP contribution in [0.4, 0.5) is 5.69 Å². The van der Waals surface area contributed by atoms with Crippen molar-refractivity contribution in [1.82, 2.24) is 0 Å². The minimum atomic E-state index is -1.10. The zero-order valence-electron chi connectivity index (χ0n) is 10.7. The molecule has 120 valence electrons. The second-order valence-corrected chi connectivity index (χ2v) is 6.00. The van der Waals surface area contributed by atoms with Gasteiger partial charge in [0.15, 0.2) is 0 Å². The molecule has 0 radical (unpaired) electrons. The van der Waals surface area contributed by atoms with Crippen molar-refractivity contribution in [3.05, 3.63) is 54.6 Å². The van der Waals surface area contributed by atoms with Crippen LogP contribution in [0.1, 0.15) is 0 Å². The molecule has 0 spiro atoms. The molecule has 0 N–H and O–H groups in total. The van der Waals surface area contributed by atoms with Gasteiger partial charge in [-0.3, -0.25) is 10.1 Å². The number of nitro benzene ring substituents is 1. The first-order chi connectivity index (χ1) is 10.4. The minimum absolute atomic E-state index is 0.0521. The fraction of sp³-hybridized carbons (Fsp3) is 0.333. The molecular weight excluding hydrogens is 342 g/mol. The molecule has 13 heteroatoms. The number of non-ortho nitro benzene ring substituents is 1. The lowest BCUT2D eigenvalue weighted by Crippen LogP contribution is -2.26. The molecule has 1 aromatic rings. The van der Waals surface area contributed by atoms with Gasteiger partial charge in [-0.05, 0) is 12.1 Å². The van der Waals surface area contributed by atoms with Gasteiger partial charge in [-0.2, -0.15) is 0 Å². The van der Waals surface area contributed by atoms with Crippen LogP contribution in [0.3, 0.4) is 0 Å². The summed E-state index contributed by atoms with van der Waals surface area (Å²) in [5.74, 6) is 0.0521. The maximum atomic E-state index is 10.5. The highest BCUT2D eigenvalue weighted by atomic mass is 33.1. The van der Waals surface area contributed by atoms with Crippen molar-refractivity contribution in [2.24, 2.45) is 0 Å². The van der Waals surface area contributed by atoms with Crippen molar-refractivity contribution >= 4 is 27.3 Å². The monoisotopic (exact) mass is 351 g/mol. The van der Waals surface area contributed by atoms with Crippen LogP contribution in [-0.4, -0.2) is 33.6 Å². The number of benzene rings is 1. The van der Waals surface area contributed by atoms with Crippen LogP contribution in [0, 0.1) is 30.3 Å². The Morgan fingerprint density at radius 3 is 2.18 bits per heavy atom. The molecule has 0 bridgehead atoms. The summed E-state index contributed by atoms with van der Waals surface area (Å²) in [7, 11) is 2.33. The third kappa shape index (κ3) is 6.94. The zero-order valence-corrected chi connectivity index (χ0v) is 12.4. The van der Waals surface area contributed by atoms with E-state index < -0.39 is 27.8 Å². The molecule has 1 unspecified atom stereocenters. The molecule has 1 atom stereocenters. The Morgan fingerprint density at radius 2 is 1.68 bits per heavy atom. The Hall–Kier alpha value is -2.28. The van der Waals surface area contributed by atoms with Gasteiger partial charge in [-0.25, -0.2) is 0 Å². The largest absolute Gasteiger partial charge is 0.312 e. The summed E-state index contributed by atoms with van der Waals surface area (Å²) in [5, 5.41) is 28.7. The predicted octanol–water partition coefficient (Wildman–Crippen LogP) is 2.12. The van der Waals surface area contributed by atoms with E-state index >= 15 is 0 Å². The lowest BCUT2D eigenvalue weighted by Gasteiger charge is -2.12. The van der Waals surface area contributed by atoms with Gasteiger partial charge in [0.1, 0.15) is 12.7 Å². The molecular formula is C9H9N3O8S2. The summed E-state index contributed by atoms with van der Waals surface area (Å²) in [5.41, 5.74) is -0.0525. The third-order valence-corrected chi connectivity index (χ3v) is 4.49. The van der Waals surface area contributed by atoms with Crippen LogP contribution in [0.2, 0.25) is 0 Å². The summed E-state index contributed by atoms with van der Waals surface area (Å²) in [6, 6.07) is 5.69. The number of nitrogens with zero attached hydrogens (tertiary/aromatic N) is 3. The van der Waals surface area contributed by atoms with Crippen LogP contribution < -0.4 is 0 Å². The molecule has 0 aliphatic heterocycles. The summed E-state index contributed by atoms with van der Waals surface area (Å²) in [6.07, 6.45) is -1.10. The Kier molecular flexibility index (Phi) is 7.18. The molecule has 0 heterocycles. The van der Waals surface area contributed by atoms with Crippen molar-refractivity contribution in [2.75, 3.05) is 12.4 Å².